The van der Waals surface area contributed by atoms with Crippen molar-refractivity contribution in [2.24, 2.45) is 0 Å². The molecule has 0 aliphatic carbocycles. The van der Waals surface area contributed by atoms with Gasteiger partial charge >= 0.3 is 6.03 Å². The number of nitrogens with zero attached hydrogens (tertiary/aromatic N) is 2. The summed E-state index contributed by atoms with van der Waals surface area (Å²) in [5, 5.41) is 0. The van der Waals surface area contributed by atoms with Gasteiger partial charge in [0, 0.05) is 0 Å². The van der Waals surface area contributed by atoms with E-state index in [9.17, 15) is 13.2 Å². The zero-order valence-corrected chi connectivity index (χ0v) is 17.9. The van der Waals surface area contributed by atoms with Crippen LogP contribution in [0.4, 0.5) is 10.5 Å². The zero-order chi connectivity index (χ0) is 22.0. The topological polar surface area (TPSA) is 66.9 Å². The fraction of sp³-hybridized carbons (Fsp3) is 0.125. The first-order chi connectivity index (χ1) is 14.9. The van der Waals surface area contributed by atoms with Gasteiger partial charge in [0.1, 0.15) is 10.6 Å². The number of urea groups is 1. The minimum atomic E-state index is -3.98. The number of amides is 2. The number of benzene rings is 3. The predicted octanol–water partition coefficient (Wildman–Crippen LogP) is 4.67. The molecule has 0 saturated carbocycles. The molecule has 0 saturated heterocycles. The number of hydrogen-bond donors (Lipinski definition) is 0. The Morgan fingerprint density at radius 1 is 0.903 bits per heavy atom. The molecule has 0 radical (unpaired) electrons. The smallest absolute Gasteiger partial charge is 0.339 e. The molecule has 31 heavy (non-hydrogen) atoms. The van der Waals surface area contributed by atoms with Crippen molar-refractivity contribution >= 4 is 27.8 Å². The third kappa shape index (κ3) is 3.92. The highest BCUT2D eigenvalue weighted by Crippen LogP contribution is 2.36. The lowest BCUT2D eigenvalue weighted by Crippen LogP contribution is -2.49. The molecule has 3 aromatic rings. The van der Waals surface area contributed by atoms with E-state index in [-0.39, 0.29) is 18.0 Å². The van der Waals surface area contributed by atoms with E-state index in [4.69, 9.17) is 4.74 Å². The fourth-order valence-electron chi connectivity index (χ4n) is 3.50. The summed E-state index contributed by atoms with van der Waals surface area (Å²) in [5.41, 5.74) is 2.92. The normalized spacial score (nSPS) is 14.8. The molecule has 1 aliphatic rings. The van der Waals surface area contributed by atoms with E-state index < -0.39 is 16.1 Å². The molecule has 4 rings (SSSR count). The lowest BCUT2D eigenvalue weighted by atomic mass is 10.1. The van der Waals surface area contributed by atoms with Gasteiger partial charge in [-0.2, -0.15) is 0 Å². The Morgan fingerprint density at radius 3 is 2.16 bits per heavy atom. The summed E-state index contributed by atoms with van der Waals surface area (Å²) in [7, 11) is -2.42. The van der Waals surface area contributed by atoms with Crippen LogP contribution in [-0.2, 0) is 23.1 Å². The Morgan fingerprint density at radius 2 is 1.52 bits per heavy atom. The standard InChI is InChI=1S/C24H22N2O4S/c1-3-18-8-10-19(11-9-18)16-25-22-6-4-5-7-23(22)31(28,29)26(24(25)27)17-20-12-14-21(30-2)15-13-20/h3-15H,1,16-17H2,2H3. The Balaban J connectivity index is 1.72. The van der Waals surface area contributed by atoms with Gasteiger partial charge in [0.15, 0.2) is 0 Å². The maximum Gasteiger partial charge on any atom is 0.339 e. The SMILES string of the molecule is C=Cc1ccc(CN2C(=O)N(Cc3ccc(OC)cc3)S(=O)(=O)c3ccccc32)cc1. The van der Waals surface area contributed by atoms with E-state index in [1.54, 1.807) is 55.7 Å². The number of rotatable bonds is 6. The fourth-order valence-corrected chi connectivity index (χ4v) is 5.06. The summed E-state index contributed by atoms with van der Waals surface area (Å²) in [6, 6.07) is 20.6. The molecule has 1 aliphatic heterocycles. The molecule has 0 N–H and O–H groups in total. The number of carbonyl (C=O) groups is 1. The molecule has 6 nitrogen and oxygen atoms in total. The van der Waals surface area contributed by atoms with Crippen LogP contribution in [0.5, 0.6) is 5.75 Å². The van der Waals surface area contributed by atoms with Crippen LogP contribution >= 0.6 is 0 Å². The second-order valence-electron chi connectivity index (χ2n) is 7.14. The minimum Gasteiger partial charge on any atom is -0.497 e. The number of methoxy groups -OCH3 is 1. The average molecular weight is 435 g/mol. The number of anilines is 1. The van der Waals surface area contributed by atoms with Crippen LogP contribution in [0.25, 0.3) is 6.08 Å². The third-order valence-electron chi connectivity index (χ3n) is 5.21. The highest BCUT2D eigenvalue weighted by Gasteiger charge is 2.41. The van der Waals surface area contributed by atoms with Gasteiger partial charge in [0.05, 0.1) is 25.9 Å². The van der Waals surface area contributed by atoms with E-state index in [1.165, 1.54) is 11.0 Å². The van der Waals surface area contributed by atoms with Gasteiger partial charge < -0.3 is 4.74 Å². The second-order valence-corrected chi connectivity index (χ2v) is 8.97. The van der Waals surface area contributed by atoms with E-state index in [0.717, 1.165) is 15.4 Å². The Bertz CT molecular complexity index is 1220. The maximum atomic E-state index is 13.4. The molecule has 0 atom stereocenters. The number of ether oxygens (including phenoxy) is 1. The number of para-hydroxylation sites is 1. The monoisotopic (exact) mass is 434 g/mol. The van der Waals surface area contributed by atoms with Gasteiger partial charge in [-0.15, -0.1) is 0 Å². The van der Waals surface area contributed by atoms with Crippen LogP contribution < -0.4 is 9.64 Å². The molecule has 0 aromatic heterocycles. The number of fused-ring (bicyclic) bond motifs is 1. The molecule has 2 amide bonds. The van der Waals surface area contributed by atoms with E-state index in [0.29, 0.717) is 17.0 Å². The molecule has 0 spiro atoms. The van der Waals surface area contributed by atoms with Crippen molar-refractivity contribution in [2.75, 3.05) is 12.0 Å². The molecule has 1 heterocycles. The highest BCUT2D eigenvalue weighted by atomic mass is 32.2. The summed E-state index contributed by atoms with van der Waals surface area (Å²) < 4.78 is 32.6. The largest absolute Gasteiger partial charge is 0.497 e. The lowest BCUT2D eigenvalue weighted by molar-refractivity contribution is 0.226. The van der Waals surface area contributed by atoms with Crippen molar-refractivity contribution in [3.8, 4) is 5.75 Å². The third-order valence-corrected chi connectivity index (χ3v) is 6.98. The number of carbonyl (C=O) groups excluding carboxylic acids is 1. The van der Waals surface area contributed by atoms with E-state index >= 15 is 0 Å². The van der Waals surface area contributed by atoms with Crippen LogP contribution in [0.15, 0.2) is 84.3 Å². The van der Waals surface area contributed by atoms with Crippen LogP contribution in [0.1, 0.15) is 16.7 Å². The first-order valence-electron chi connectivity index (χ1n) is 9.71. The lowest BCUT2D eigenvalue weighted by Gasteiger charge is -2.36. The van der Waals surface area contributed by atoms with Crippen LogP contribution in [0.3, 0.4) is 0 Å². The number of sulfonamides is 1. The Hall–Kier alpha value is -3.58. The Labute approximate surface area is 182 Å². The Kier molecular flexibility index (Phi) is 5.52. The molecule has 158 valence electrons. The predicted molar refractivity (Wildman–Crippen MR) is 120 cm³/mol. The molecule has 0 bridgehead atoms. The first kappa shape index (κ1) is 20.7. The summed E-state index contributed by atoms with van der Waals surface area (Å²) in [6.07, 6.45) is 1.74. The average Bonchev–Trinajstić information content (AvgIpc) is 2.80. The molecular weight excluding hydrogens is 412 g/mol. The van der Waals surface area contributed by atoms with Crippen LogP contribution in [-0.4, -0.2) is 25.9 Å². The van der Waals surface area contributed by atoms with Gasteiger partial charge in [0.2, 0.25) is 0 Å². The van der Waals surface area contributed by atoms with Gasteiger partial charge in [0.25, 0.3) is 10.0 Å². The molecule has 7 heteroatoms. The van der Waals surface area contributed by atoms with Crippen molar-refractivity contribution in [3.63, 3.8) is 0 Å². The maximum absolute atomic E-state index is 13.4. The summed E-state index contributed by atoms with van der Waals surface area (Å²) >= 11 is 0. The number of hydrogen-bond acceptors (Lipinski definition) is 4. The van der Waals surface area contributed by atoms with Crippen LogP contribution in [0, 0.1) is 0 Å². The van der Waals surface area contributed by atoms with E-state index in [1.807, 2.05) is 24.3 Å². The van der Waals surface area contributed by atoms with Gasteiger partial charge in [-0.05, 0) is 41.0 Å². The molecule has 3 aromatic carbocycles. The molecule has 0 unspecified atom stereocenters. The highest BCUT2D eigenvalue weighted by molar-refractivity contribution is 7.90. The zero-order valence-electron chi connectivity index (χ0n) is 17.1. The van der Waals surface area contributed by atoms with Crippen molar-refractivity contribution in [3.05, 3.63) is 96.1 Å². The summed E-state index contributed by atoms with van der Waals surface area (Å²) in [5.74, 6) is 0.659. The quantitative estimate of drug-likeness (QED) is 0.566. The van der Waals surface area contributed by atoms with E-state index in [2.05, 4.69) is 6.58 Å². The van der Waals surface area contributed by atoms with Crippen molar-refractivity contribution in [1.29, 1.82) is 0 Å². The minimum absolute atomic E-state index is 0.0641. The molecular formula is C24H22N2O4S. The summed E-state index contributed by atoms with van der Waals surface area (Å²) in [6.45, 7) is 3.94. The molecule has 0 fully saturated rings. The van der Waals surface area contributed by atoms with Crippen LogP contribution in [0.2, 0.25) is 0 Å². The van der Waals surface area contributed by atoms with Crippen molar-refractivity contribution < 1.29 is 17.9 Å². The van der Waals surface area contributed by atoms with Gasteiger partial charge in [-0.3, -0.25) is 4.90 Å². The first-order valence-corrected chi connectivity index (χ1v) is 11.2. The summed E-state index contributed by atoms with van der Waals surface area (Å²) in [4.78, 5) is 15.0. The van der Waals surface area contributed by atoms with Crippen molar-refractivity contribution in [1.82, 2.24) is 4.31 Å². The van der Waals surface area contributed by atoms with Gasteiger partial charge in [-0.1, -0.05) is 61.2 Å². The second kappa shape index (κ2) is 8.28. The van der Waals surface area contributed by atoms with Crippen molar-refractivity contribution in [2.45, 2.75) is 18.0 Å². The van der Waals surface area contributed by atoms with Gasteiger partial charge in [-0.25, -0.2) is 17.5 Å².